The van der Waals surface area contributed by atoms with Gasteiger partial charge in [0.2, 0.25) is 0 Å². The molecule has 25 heavy (non-hydrogen) atoms. The van der Waals surface area contributed by atoms with Gasteiger partial charge in [0.1, 0.15) is 5.01 Å². The summed E-state index contributed by atoms with van der Waals surface area (Å²) in [6.45, 7) is 0. The molecule has 7 heteroatoms. The first-order chi connectivity index (χ1) is 11.9. The third-order valence-corrected chi connectivity index (χ3v) is 6.12. The summed E-state index contributed by atoms with van der Waals surface area (Å²) in [4.78, 5) is 15.2. The monoisotopic (exact) mass is 373 g/mol. The van der Waals surface area contributed by atoms with Gasteiger partial charge in [-0.25, -0.2) is 13.4 Å². The lowest BCUT2D eigenvalue weighted by molar-refractivity contribution is -0.136. The highest BCUT2D eigenvalue weighted by Gasteiger charge is 2.16. The van der Waals surface area contributed by atoms with Crippen LogP contribution in [-0.2, 0) is 26.8 Å². The Morgan fingerprint density at radius 3 is 2.36 bits per heavy atom. The Hall–Kier alpha value is -2.51. The van der Waals surface area contributed by atoms with Crippen LogP contribution in [0.25, 0.3) is 11.3 Å². The lowest BCUT2D eigenvalue weighted by Crippen LogP contribution is -2.04. The molecule has 0 atom stereocenters. The third-order valence-electron chi connectivity index (χ3n) is 3.56. The maximum Gasteiger partial charge on any atom is 0.310 e. The molecule has 5 nitrogen and oxygen atoms in total. The van der Waals surface area contributed by atoms with Crippen molar-refractivity contribution in [2.75, 3.05) is 0 Å². The molecule has 0 radical (unpaired) electrons. The van der Waals surface area contributed by atoms with Crippen molar-refractivity contribution in [1.82, 2.24) is 4.98 Å². The molecule has 0 aliphatic rings. The van der Waals surface area contributed by atoms with E-state index >= 15 is 0 Å². The zero-order chi connectivity index (χ0) is 17.9. The van der Waals surface area contributed by atoms with Crippen molar-refractivity contribution in [3.05, 3.63) is 70.5 Å². The fourth-order valence-electron chi connectivity index (χ4n) is 2.36. The van der Waals surface area contributed by atoms with Gasteiger partial charge in [-0.15, -0.1) is 11.3 Å². The minimum atomic E-state index is -3.42. The Morgan fingerprint density at radius 1 is 1.04 bits per heavy atom. The van der Waals surface area contributed by atoms with Gasteiger partial charge in [-0.05, 0) is 17.7 Å². The number of thiazole rings is 1. The van der Waals surface area contributed by atoms with Gasteiger partial charge in [0.05, 0.1) is 22.8 Å². The molecular weight excluding hydrogens is 358 g/mol. The van der Waals surface area contributed by atoms with Crippen LogP contribution in [0.4, 0.5) is 0 Å². The van der Waals surface area contributed by atoms with Crippen molar-refractivity contribution < 1.29 is 18.3 Å². The van der Waals surface area contributed by atoms with Gasteiger partial charge in [-0.1, -0.05) is 42.5 Å². The fourth-order valence-corrected chi connectivity index (χ4v) is 4.51. The molecule has 3 rings (SSSR count). The topological polar surface area (TPSA) is 84.3 Å². The average Bonchev–Trinajstić information content (AvgIpc) is 3.03. The van der Waals surface area contributed by atoms with Crippen LogP contribution in [0.3, 0.4) is 0 Å². The summed E-state index contributed by atoms with van der Waals surface area (Å²) in [6.07, 6.45) is -0.117. The number of benzene rings is 2. The van der Waals surface area contributed by atoms with E-state index in [1.165, 1.54) is 11.3 Å². The standard InChI is InChI=1S/C18H15NO4S2/c20-18(21)10-17-19-16(11-24-17)14-6-8-15(9-7-14)25(22,23)12-13-4-2-1-3-5-13/h1-9,11H,10,12H2,(H,20,21). The summed E-state index contributed by atoms with van der Waals surface area (Å²) >= 11 is 1.27. The number of carboxylic acids is 1. The minimum absolute atomic E-state index is 0.0490. The molecule has 0 aliphatic heterocycles. The molecule has 1 N–H and O–H groups in total. The van der Waals surface area contributed by atoms with Gasteiger partial charge in [-0.2, -0.15) is 0 Å². The maximum absolute atomic E-state index is 12.5. The Bertz CT molecular complexity index is 977. The molecule has 3 aromatic rings. The smallest absolute Gasteiger partial charge is 0.310 e. The van der Waals surface area contributed by atoms with Crippen molar-refractivity contribution >= 4 is 27.1 Å². The molecular formula is C18H15NO4S2. The lowest BCUT2D eigenvalue weighted by Gasteiger charge is -2.05. The molecule has 0 amide bonds. The van der Waals surface area contributed by atoms with Crippen LogP contribution in [0.15, 0.2) is 64.9 Å². The van der Waals surface area contributed by atoms with Gasteiger partial charge in [0.15, 0.2) is 9.84 Å². The number of rotatable bonds is 6. The fraction of sp³-hybridized carbons (Fsp3) is 0.111. The predicted octanol–water partition coefficient (Wildman–Crippen LogP) is 3.41. The highest BCUT2D eigenvalue weighted by molar-refractivity contribution is 7.90. The normalized spacial score (nSPS) is 11.4. The summed E-state index contributed by atoms with van der Waals surface area (Å²) < 4.78 is 25.0. The van der Waals surface area contributed by atoms with E-state index < -0.39 is 15.8 Å². The predicted molar refractivity (Wildman–Crippen MR) is 96.2 cm³/mol. The molecule has 2 aromatic carbocycles. The molecule has 1 heterocycles. The second-order valence-corrected chi connectivity index (χ2v) is 8.40. The Balaban J connectivity index is 1.80. The van der Waals surface area contributed by atoms with E-state index in [1.807, 2.05) is 18.2 Å². The van der Waals surface area contributed by atoms with E-state index in [0.717, 1.165) is 11.1 Å². The van der Waals surface area contributed by atoms with Gasteiger partial charge in [0, 0.05) is 10.9 Å². The highest BCUT2D eigenvalue weighted by Crippen LogP contribution is 2.25. The van der Waals surface area contributed by atoms with Crippen molar-refractivity contribution in [2.24, 2.45) is 0 Å². The van der Waals surface area contributed by atoms with Crippen molar-refractivity contribution in [2.45, 2.75) is 17.1 Å². The quantitative estimate of drug-likeness (QED) is 0.716. The van der Waals surface area contributed by atoms with E-state index in [2.05, 4.69) is 4.98 Å². The van der Waals surface area contributed by atoms with E-state index in [0.29, 0.717) is 10.7 Å². The zero-order valence-corrected chi connectivity index (χ0v) is 14.8. The first kappa shape index (κ1) is 17.3. The molecule has 0 unspecified atom stereocenters. The number of sulfone groups is 1. The molecule has 0 saturated heterocycles. The number of aromatic nitrogens is 1. The summed E-state index contributed by atoms with van der Waals surface area (Å²) in [5.74, 6) is -0.977. The van der Waals surface area contributed by atoms with Gasteiger partial charge < -0.3 is 5.11 Å². The van der Waals surface area contributed by atoms with Crippen molar-refractivity contribution in [3.63, 3.8) is 0 Å². The molecule has 0 saturated carbocycles. The number of hydrogen-bond donors (Lipinski definition) is 1. The largest absolute Gasteiger partial charge is 0.481 e. The van der Waals surface area contributed by atoms with Gasteiger partial charge >= 0.3 is 5.97 Å². The van der Waals surface area contributed by atoms with Crippen LogP contribution in [0.1, 0.15) is 10.6 Å². The Morgan fingerprint density at radius 2 is 1.72 bits per heavy atom. The first-order valence-corrected chi connectivity index (χ1v) is 10.0. The van der Waals surface area contributed by atoms with Crippen LogP contribution >= 0.6 is 11.3 Å². The van der Waals surface area contributed by atoms with E-state index in [4.69, 9.17) is 5.11 Å². The van der Waals surface area contributed by atoms with Gasteiger partial charge in [0.25, 0.3) is 0 Å². The molecule has 0 fully saturated rings. The zero-order valence-electron chi connectivity index (χ0n) is 13.1. The second kappa shape index (κ2) is 7.16. The summed E-state index contributed by atoms with van der Waals surface area (Å²) in [7, 11) is -3.42. The van der Waals surface area contributed by atoms with Crippen LogP contribution in [0.2, 0.25) is 0 Å². The first-order valence-electron chi connectivity index (χ1n) is 7.47. The summed E-state index contributed by atoms with van der Waals surface area (Å²) in [5.41, 5.74) is 2.14. The maximum atomic E-state index is 12.5. The van der Waals surface area contributed by atoms with Crippen LogP contribution in [0.5, 0.6) is 0 Å². The lowest BCUT2D eigenvalue weighted by atomic mass is 10.2. The van der Waals surface area contributed by atoms with Gasteiger partial charge in [-0.3, -0.25) is 4.79 Å². The number of aliphatic carboxylic acids is 1. The van der Waals surface area contributed by atoms with E-state index in [9.17, 15) is 13.2 Å². The summed E-state index contributed by atoms with van der Waals surface area (Å²) in [5, 5.41) is 11.1. The number of carboxylic acid groups (broad SMARTS) is 1. The molecule has 0 bridgehead atoms. The SMILES string of the molecule is O=C(O)Cc1nc(-c2ccc(S(=O)(=O)Cc3ccccc3)cc2)cs1. The van der Waals surface area contributed by atoms with Crippen LogP contribution < -0.4 is 0 Å². The highest BCUT2D eigenvalue weighted by atomic mass is 32.2. The molecule has 1 aromatic heterocycles. The number of carbonyl (C=O) groups is 1. The Kier molecular flexibility index (Phi) is 4.96. The van der Waals surface area contributed by atoms with Crippen LogP contribution in [-0.4, -0.2) is 24.5 Å². The van der Waals surface area contributed by atoms with Crippen molar-refractivity contribution in [3.8, 4) is 11.3 Å². The molecule has 0 spiro atoms. The van der Waals surface area contributed by atoms with E-state index in [-0.39, 0.29) is 17.1 Å². The summed E-state index contributed by atoms with van der Waals surface area (Å²) in [6, 6.07) is 15.5. The Labute approximate surface area is 149 Å². The number of nitrogens with zero attached hydrogens (tertiary/aromatic N) is 1. The van der Waals surface area contributed by atoms with Crippen LogP contribution in [0, 0.1) is 0 Å². The third kappa shape index (κ3) is 4.32. The molecule has 0 aliphatic carbocycles. The second-order valence-electron chi connectivity index (χ2n) is 5.47. The minimum Gasteiger partial charge on any atom is -0.481 e. The number of hydrogen-bond acceptors (Lipinski definition) is 5. The van der Waals surface area contributed by atoms with Crippen molar-refractivity contribution in [1.29, 1.82) is 0 Å². The van der Waals surface area contributed by atoms with E-state index in [1.54, 1.807) is 41.8 Å². The molecule has 128 valence electrons. The average molecular weight is 373 g/mol.